The van der Waals surface area contributed by atoms with Gasteiger partial charge in [-0.15, -0.1) is 0 Å². The van der Waals surface area contributed by atoms with Crippen LogP contribution in [0.25, 0.3) is 0 Å². The lowest BCUT2D eigenvalue weighted by Crippen LogP contribution is -2.37. The Labute approximate surface area is 139 Å². The van der Waals surface area contributed by atoms with Crippen molar-refractivity contribution in [3.05, 3.63) is 28.8 Å². The van der Waals surface area contributed by atoms with Gasteiger partial charge in [-0.3, -0.25) is 4.79 Å². The molecule has 1 saturated heterocycles. The van der Waals surface area contributed by atoms with Crippen LogP contribution in [0.3, 0.4) is 0 Å². The first kappa shape index (κ1) is 17.6. The summed E-state index contributed by atoms with van der Waals surface area (Å²) in [5.41, 5.74) is 0.918. The van der Waals surface area contributed by atoms with Crippen LogP contribution < -0.4 is 10.1 Å². The van der Waals surface area contributed by atoms with E-state index in [1.54, 1.807) is 25.1 Å². The molecular formula is C16H20ClNO5. The Morgan fingerprint density at radius 2 is 2.22 bits per heavy atom. The molecular weight excluding hydrogens is 322 g/mol. The quantitative estimate of drug-likeness (QED) is 0.773. The van der Waals surface area contributed by atoms with Crippen molar-refractivity contribution in [3.8, 4) is 5.75 Å². The molecule has 23 heavy (non-hydrogen) atoms. The molecule has 1 aromatic rings. The molecule has 3 atom stereocenters. The van der Waals surface area contributed by atoms with Crippen LogP contribution in [0.5, 0.6) is 5.75 Å². The molecule has 1 fully saturated rings. The van der Waals surface area contributed by atoms with E-state index < -0.39 is 18.2 Å². The Hall–Kier alpha value is -1.79. The molecule has 0 radical (unpaired) electrons. The number of carboxylic acid groups (broad SMARTS) is 1. The second-order valence-electron chi connectivity index (χ2n) is 5.65. The number of nitrogens with one attached hydrogen (secondary N) is 1. The van der Waals surface area contributed by atoms with Crippen molar-refractivity contribution in [1.82, 2.24) is 5.32 Å². The summed E-state index contributed by atoms with van der Waals surface area (Å²) in [6.07, 6.45) is -1.23. The van der Waals surface area contributed by atoms with Gasteiger partial charge in [-0.25, -0.2) is 4.79 Å². The predicted octanol–water partition coefficient (Wildman–Crippen LogP) is 2.02. The van der Waals surface area contributed by atoms with E-state index in [0.717, 1.165) is 5.56 Å². The summed E-state index contributed by atoms with van der Waals surface area (Å²) in [6.45, 7) is 4.27. The van der Waals surface area contributed by atoms with Gasteiger partial charge in [-0.1, -0.05) is 18.5 Å². The average molecular weight is 342 g/mol. The molecule has 1 aliphatic rings. The Morgan fingerprint density at radius 3 is 2.83 bits per heavy atom. The second-order valence-corrected chi connectivity index (χ2v) is 6.08. The number of carboxylic acids is 1. The van der Waals surface area contributed by atoms with E-state index in [0.29, 0.717) is 30.3 Å². The molecule has 1 amide bonds. The van der Waals surface area contributed by atoms with E-state index in [-0.39, 0.29) is 11.8 Å². The van der Waals surface area contributed by atoms with Crippen molar-refractivity contribution in [2.75, 3.05) is 13.2 Å². The second kappa shape index (κ2) is 7.66. The number of ether oxygens (including phenoxy) is 2. The Balaban J connectivity index is 1.74. The van der Waals surface area contributed by atoms with Gasteiger partial charge >= 0.3 is 5.97 Å². The fourth-order valence-corrected chi connectivity index (χ4v) is 2.75. The lowest BCUT2D eigenvalue weighted by Gasteiger charge is -2.13. The van der Waals surface area contributed by atoms with Crippen LogP contribution in [0.15, 0.2) is 18.2 Å². The SMILES string of the molecule is Cc1cc(Cl)ccc1OCCNC(=O)[C@H]1C[C@@H](C)[C@H](C(=O)O)O1. The van der Waals surface area contributed by atoms with Crippen LogP contribution in [0.2, 0.25) is 5.02 Å². The average Bonchev–Trinajstić information content (AvgIpc) is 2.87. The summed E-state index contributed by atoms with van der Waals surface area (Å²) in [6, 6.07) is 5.32. The van der Waals surface area contributed by atoms with Crippen molar-refractivity contribution >= 4 is 23.5 Å². The smallest absolute Gasteiger partial charge is 0.333 e. The lowest BCUT2D eigenvalue weighted by molar-refractivity contribution is -0.153. The normalized spacial score (nSPS) is 23.5. The number of aryl methyl sites for hydroxylation is 1. The highest BCUT2D eigenvalue weighted by atomic mass is 35.5. The molecule has 6 nitrogen and oxygen atoms in total. The first-order valence-corrected chi connectivity index (χ1v) is 7.81. The summed E-state index contributed by atoms with van der Waals surface area (Å²) < 4.78 is 10.9. The lowest BCUT2D eigenvalue weighted by atomic mass is 10.0. The molecule has 0 aromatic heterocycles. The van der Waals surface area contributed by atoms with Crippen LogP contribution in [0.4, 0.5) is 0 Å². The van der Waals surface area contributed by atoms with E-state index in [2.05, 4.69) is 5.32 Å². The molecule has 7 heteroatoms. The summed E-state index contributed by atoms with van der Waals surface area (Å²) in [4.78, 5) is 22.9. The highest BCUT2D eigenvalue weighted by molar-refractivity contribution is 6.30. The Kier molecular flexibility index (Phi) is 5.85. The molecule has 126 valence electrons. The minimum atomic E-state index is -1.03. The maximum absolute atomic E-state index is 12.0. The van der Waals surface area contributed by atoms with Crippen LogP contribution >= 0.6 is 11.6 Å². The number of hydrogen-bond acceptors (Lipinski definition) is 4. The van der Waals surface area contributed by atoms with Crippen LogP contribution in [-0.4, -0.2) is 42.3 Å². The largest absolute Gasteiger partial charge is 0.491 e. The van der Waals surface area contributed by atoms with Crippen molar-refractivity contribution in [2.24, 2.45) is 5.92 Å². The fraction of sp³-hybridized carbons (Fsp3) is 0.500. The van der Waals surface area contributed by atoms with E-state index in [4.69, 9.17) is 26.2 Å². The molecule has 1 aliphatic heterocycles. The maximum Gasteiger partial charge on any atom is 0.333 e. The van der Waals surface area contributed by atoms with Crippen molar-refractivity contribution in [2.45, 2.75) is 32.5 Å². The van der Waals surface area contributed by atoms with Gasteiger partial charge < -0.3 is 19.9 Å². The molecule has 2 rings (SSSR count). The van der Waals surface area contributed by atoms with Gasteiger partial charge in [0, 0.05) is 5.02 Å². The molecule has 0 bridgehead atoms. The van der Waals surface area contributed by atoms with Crippen LogP contribution in [-0.2, 0) is 14.3 Å². The molecule has 0 unspecified atom stereocenters. The molecule has 1 aromatic carbocycles. The number of benzene rings is 1. The van der Waals surface area contributed by atoms with Crippen LogP contribution in [0, 0.1) is 12.8 Å². The van der Waals surface area contributed by atoms with Gasteiger partial charge in [-0.05, 0) is 43.0 Å². The van der Waals surface area contributed by atoms with E-state index in [1.807, 2.05) is 6.92 Å². The number of carbonyl (C=O) groups is 2. The third-order valence-electron chi connectivity index (χ3n) is 3.75. The zero-order chi connectivity index (χ0) is 17.0. The summed E-state index contributed by atoms with van der Waals surface area (Å²) >= 11 is 5.87. The number of hydrogen-bond donors (Lipinski definition) is 2. The molecule has 2 N–H and O–H groups in total. The maximum atomic E-state index is 12.0. The zero-order valence-electron chi connectivity index (χ0n) is 13.0. The number of aliphatic carboxylic acids is 1. The molecule has 0 spiro atoms. The number of amides is 1. The molecule has 0 aliphatic carbocycles. The Bertz CT molecular complexity index is 592. The third-order valence-corrected chi connectivity index (χ3v) is 3.98. The van der Waals surface area contributed by atoms with Crippen molar-refractivity contribution < 1.29 is 24.2 Å². The van der Waals surface area contributed by atoms with E-state index in [9.17, 15) is 9.59 Å². The standard InChI is InChI=1S/C16H20ClNO5/c1-9-7-11(17)3-4-12(9)22-6-5-18-15(19)13-8-10(2)14(23-13)16(20)21/h3-4,7,10,13-14H,5-6,8H2,1-2H3,(H,18,19)(H,20,21)/t10-,13-,14-/m1/s1. The minimum absolute atomic E-state index is 0.184. The fourth-order valence-electron chi connectivity index (χ4n) is 2.52. The van der Waals surface area contributed by atoms with Crippen LogP contribution in [0.1, 0.15) is 18.9 Å². The van der Waals surface area contributed by atoms with Gasteiger partial charge in [0.05, 0.1) is 6.54 Å². The monoisotopic (exact) mass is 341 g/mol. The first-order valence-electron chi connectivity index (χ1n) is 7.43. The highest BCUT2D eigenvalue weighted by Gasteiger charge is 2.40. The zero-order valence-corrected chi connectivity index (χ0v) is 13.8. The molecule has 1 heterocycles. The number of rotatable bonds is 6. The minimum Gasteiger partial charge on any atom is -0.491 e. The highest BCUT2D eigenvalue weighted by Crippen LogP contribution is 2.26. The molecule has 0 saturated carbocycles. The van der Waals surface area contributed by atoms with E-state index >= 15 is 0 Å². The van der Waals surface area contributed by atoms with E-state index in [1.165, 1.54) is 0 Å². The van der Waals surface area contributed by atoms with Crippen molar-refractivity contribution in [3.63, 3.8) is 0 Å². The van der Waals surface area contributed by atoms with Gasteiger partial charge in [0.15, 0.2) is 6.10 Å². The predicted molar refractivity (Wildman–Crippen MR) is 84.8 cm³/mol. The summed E-state index contributed by atoms with van der Waals surface area (Å²) in [5, 5.41) is 12.3. The van der Waals surface area contributed by atoms with Crippen molar-refractivity contribution in [1.29, 1.82) is 0 Å². The third kappa shape index (κ3) is 4.59. The van der Waals surface area contributed by atoms with Gasteiger partial charge in [0.1, 0.15) is 18.5 Å². The van der Waals surface area contributed by atoms with Gasteiger partial charge in [-0.2, -0.15) is 0 Å². The summed E-state index contributed by atoms with van der Waals surface area (Å²) in [5.74, 6) is -0.817. The van der Waals surface area contributed by atoms with Gasteiger partial charge in [0.25, 0.3) is 0 Å². The Morgan fingerprint density at radius 1 is 1.48 bits per heavy atom. The topological polar surface area (TPSA) is 84.9 Å². The first-order chi connectivity index (χ1) is 10.9. The number of halogens is 1. The van der Waals surface area contributed by atoms with Gasteiger partial charge in [0.2, 0.25) is 5.91 Å². The summed E-state index contributed by atoms with van der Waals surface area (Å²) in [7, 11) is 0. The number of carbonyl (C=O) groups excluding carboxylic acids is 1.